The molecule has 3 aromatic carbocycles. The molecule has 0 aliphatic carbocycles. The normalized spacial score (nSPS) is 11.1. The van der Waals surface area contributed by atoms with E-state index in [0.29, 0.717) is 24.5 Å². The van der Waals surface area contributed by atoms with Gasteiger partial charge in [0.2, 0.25) is 10.0 Å². The van der Waals surface area contributed by atoms with Crippen LogP contribution in [0.5, 0.6) is 5.75 Å². The summed E-state index contributed by atoms with van der Waals surface area (Å²) in [5.74, 6) is 1.37. The van der Waals surface area contributed by atoms with Crippen molar-refractivity contribution >= 4 is 22.0 Å². The van der Waals surface area contributed by atoms with Crippen molar-refractivity contribution in [2.24, 2.45) is 5.14 Å². The molecule has 0 spiro atoms. The predicted molar refractivity (Wildman–Crippen MR) is 132 cm³/mol. The Morgan fingerprint density at radius 3 is 2.46 bits per heavy atom. The summed E-state index contributed by atoms with van der Waals surface area (Å²) in [7, 11) is -2.15. The monoisotopic (exact) mass is 492 g/mol. The number of rotatable bonds is 8. The third-order valence-corrected chi connectivity index (χ3v) is 6.04. The van der Waals surface area contributed by atoms with Crippen LogP contribution in [0.15, 0.2) is 83.8 Å². The molecule has 4 rings (SSSR count). The maximum atomic E-state index is 12.5. The van der Waals surface area contributed by atoms with Crippen LogP contribution in [-0.4, -0.2) is 42.9 Å². The number of carbonyl (C=O) groups is 1. The number of carbonyl (C=O) groups excluding carboxylic acids is 1. The first-order valence-corrected chi connectivity index (χ1v) is 12.2. The molecule has 35 heavy (non-hydrogen) atoms. The van der Waals surface area contributed by atoms with E-state index in [-0.39, 0.29) is 10.8 Å². The minimum Gasteiger partial charge on any atom is -0.497 e. The van der Waals surface area contributed by atoms with Crippen LogP contribution >= 0.6 is 0 Å². The number of amides is 2. The van der Waals surface area contributed by atoms with E-state index >= 15 is 0 Å². The van der Waals surface area contributed by atoms with Crippen LogP contribution in [0, 0.1) is 0 Å². The quantitative estimate of drug-likeness (QED) is 0.345. The van der Waals surface area contributed by atoms with Gasteiger partial charge in [-0.3, -0.25) is 5.32 Å². The fraction of sp³-hybridized carbons (Fsp3) is 0.125. The van der Waals surface area contributed by atoms with Gasteiger partial charge in [-0.05, 0) is 36.2 Å². The molecule has 0 aliphatic heterocycles. The van der Waals surface area contributed by atoms with Gasteiger partial charge in [-0.15, -0.1) is 5.10 Å². The molecule has 0 atom stereocenters. The predicted octanol–water partition coefficient (Wildman–Crippen LogP) is 2.95. The van der Waals surface area contributed by atoms with Crippen molar-refractivity contribution < 1.29 is 17.9 Å². The number of anilines is 1. The van der Waals surface area contributed by atoms with Crippen molar-refractivity contribution in [3.05, 3.63) is 84.4 Å². The molecule has 10 nitrogen and oxygen atoms in total. The number of nitrogens with zero attached hydrogens (tertiary/aromatic N) is 3. The van der Waals surface area contributed by atoms with E-state index in [0.717, 1.165) is 16.8 Å². The summed E-state index contributed by atoms with van der Waals surface area (Å²) < 4.78 is 29.7. The molecule has 0 aliphatic rings. The standard InChI is InChI=1S/C24H24N6O4S/c1-34-20-9-5-8-19(16-20)30-22(18-6-3-2-4-7-18)27-23(29-30)28-24(31)26-15-14-17-10-12-21(13-11-17)35(25,32)33/h2-13,16H,14-15H2,1H3,(H2,25,32,33)(H2,26,28,29,31). The summed E-state index contributed by atoms with van der Waals surface area (Å²) in [5, 5.41) is 15.0. The first-order valence-electron chi connectivity index (χ1n) is 10.7. The highest BCUT2D eigenvalue weighted by Crippen LogP contribution is 2.24. The van der Waals surface area contributed by atoms with Gasteiger partial charge >= 0.3 is 6.03 Å². The molecule has 0 unspecified atom stereocenters. The summed E-state index contributed by atoms with van der Waals surface area (Å²) in [6, 6.07) is 22.6. The Morgan fingerprint density at radius 1 is 1.03 bits per heavy atom. The third kappa shape index (κ3) is 6.02. The highest BCUT2D eigenvalue weighted by molar-refractivity contribution is 7.89. The minimum absolute atomic E-state index is 0.0406. The lowest BCUT2D eigenvalue weighted by Gasteiger charge is -2.07. The molecule has 1 heterocycles. The number of aromatic nitrogens is 3. The molecule has 0 radical (unpaired) electrons. The Balaban J connectivity index is 1.46. The average Bonchev–Trinajstić information content (AvgIpc) is 3.28. The minimum atomic E-state index is -3.74. The lowest BCUT2D eigenvalue weighted by atomic mass is 10.1. The van der Waals surface area contributed by atoms with Gasteiger partial charge in [0, 0.05) is 18.2 Å². The molecule has 2 amide bonds. The smallest absolute Gasteiger partial charge is 0.321 e. The molecule has 0 saturated heterocycles. The Hall–Kier alpha value is -4.22. The SMILES string of the molecule is COc1cccc(-n2nc(NC(=O)NCCc3ccc(S(N)(=O)=O)cc3)nc2-c2ccccc2)c1. The zero-order valence-corrected chi connectivity index (χ0v) is 19.7. The molecule has 180 valence electrons. The Morgan fingerprint density at radius 2 is 1.77 bits per heavy atom. The van der Waals surface area contributed by atoms with Crippen LogP contribution in [-0.2, 0) is 16.4 Å². The number of methoxy groups -OCH3 is 1. The van der Waals surface area contributed by atoms with Gasteiger partial charge in [-0.2, -0.15) is 4.98 Å². The maximum Gasteiger partial charge on any atom is 0.321 e. The first-order chi connectivity index (χ1) is 16.8. The average molecular weight is 493 g/mol. The first kappa shape index (κ1) is 23.9. The summed E-state index contributed by atoms with van der Waals surface area (Å²) in [4.78, 5) is 17.0. The van der Waals surface area contributed by atoms with Gasteiger partial charge in [-0.25, -0.2) is 23.0 Å². The molecule has 0 bridgehead atoms. The zero-order valence-electron chi connectivity index (χ0n) is 18.9. The van der Waals surface area contributed by atoms with Gasteiger partial charge in [0.25, 0.3) is 5.95 Å². The van der Waals surface area contributed by atoms with Crippen molar-refractivity contribution in [2.75, 3.05) is 19.0 Å². The Labute approximate surface area is 202 Å². The molecule has 11 heteroatoms. The topological polar surface area (TPSA) is 141 Å². The van der Waals surface area contributed by atoms with Crippen LogP contribution in [0.4, 0.5) is 10.7 Å². The fourth-order valence-corrected chi connectivity index (χ4v) is 3.89. The van der Waals surface area contributed by atoms with Crippen LogP contribution < -0.4 is 20.5 Å². The molecule has 1 aromatic heterocycles. The second-order valence-electron chi connectivity index (χ2n) is 7.56. The zero-order chi connectivity index (χ0) is 24.8. The van der Waals surface area contributed by atoms with E-state index in [1.807, 2.05) is 54.6 Å². The number of ether oxygens (including phenoxy) is 1. The van der Waals surface area contributed by atoms with Gasteiger partial charge < -0.3 is 10.1 Å². The number of urea groups is 1. The summed E-state index contributed by atoms with van der Waals surface area (Å²) in [5.41, 5.74) is 2.41. The number of hydrogen-bond acceptors (Lipinski definition) is 6. The van der Waals surface area contributed by atoms with Crippen molar-refractivity contribution in [1.82, 2.24) is 20.1 Å². The van der Waals surface area contributed by atoms with Crippen LogP contribution in [0.2, 0.25) is 0 Å². The lowest BCUT2D eigenvalue weighted by molar-refractivity contribution is 0.252. The van der Waals surface area contributed by atoms with Crippen LogP contribution in [0.1, 0.15) is 5.56 Å². The van der Waals surface area contributed by atoms with Gasteiger partial charge in [-0.1, -0.05) is 48.5 Å². The molecule has 0 saturated carbocycles. The number of benzene rings is 3. The highest BCUT2D eigenvalue weighted by atomic mass is 32.2. The van der Waals surface area contributed by atoms with Crippen molar-refractivity contribution in [3.8, 4) is 22.8 Å². The lowest BCUT2D eigenvalue weighted by Crippen LogP contribution is -2.30. The van der Waals surface area contributed by atoms with E-state index < -0.39 is 16.1 Å². The van der Waals surface area contributed by atoms with Crippen LogP contribution in [0.25, 0.3) is 17.1 Å². The second-order valence-corrected chi connectivity index (χ2v) is 9.12. The Bertz CT molecular complexity index is 1420. The van der Waals surface area contributed by atoms with E-state index in [9.17, 15) is 13.2 Å². The summed E-state index contributed by atoms with van der Waals surface area (Å²) in [6.07, 6.45) is 0.499. The van der Waals surface area contributed by atoms with E-state index in [1.54, 1.807) is 23.9 Å². The highest BCUT2D eigenvalue weighted by Gasteiger charge is 2.16. The fourth-order valence-electron chi connectivity index (χ4n) is 3.37. The number of nitrogens with two attached hydrogens (primary N) is 1. The number of primary sulfonamides is 1. The largest absolute Gasteiger partial charge is 0.497 e. The molecular weight excluding hydrogens is 468 g/mol. The Kier molecular flexibility index (Phi) is 7.09. The summed E-state index contributed by atoms with van der Waals surface area (Å²) >= 11 is 0. The van der Waals surface area contributed by atoms with Gasteiger partial charge in [0.05, 0.1) is 17.7 Å². The molecule has 4 aromatic rings. The van der Waals surface area contributed by atoms with Gasteiger partial charge in [0.15, 0.2) is 5.82 Å². The van der Waals surface area contributed by atoms with E-state index in [4.69, 9.17) is 9.88 Å². The van der Waals surface area contributed by atoms with Crippen LogP contribution in [0.3, 0.4) is 0 Å². The molecule has 0 fully saturated rings. The van der Waals surface area contributed by atoms with E-state index in [1.165, 1.54) is 12.1 Å². The molecular formula is C24H24N6O4S. The van der Waals surface area contributed by atoms with Crippen molar-refractivity contribution in [2.45, 2.75) is 11.3 Å². The number of nitrogens with one attached hydrogen (secondary N) is 2. The second kappa shape index (κ2) is 10.4. The van der Waals surface area contributed by atoms with Crippen molar-refractivity contribution in [3.63, 3.8) is 0 Å². The summed E-state index contributed by atoms with van der Waals surface area (Å²) in [6.45, 7) is 0.322. The third-order valence-electron chi connectivity index (χ3n) is 5.11. The number of sulfonamides is 1. The van der Waals surface area contributed by atoms with E-state index in [2.05, 4.69) is 20.7 Å². The van der Waals surface area contributed by atoms with Gasteiger partial charge in [0.1, 0.15) is 5.75 Å². The number of hydrogen-bond donors (Lipinski definition) is 3. The maximum absolute atomic E-state index is 12.5. The molecule has 4 N–H and O–H groups in total. The van der Waals surface area contributed by atoms with Crippen molar-refractivity contribution in [1.29, 1.82) is 0 Å².